The summed E-state index contributed by atoms with van der Waals surface area (Å²) in [5, 5.41) is 29.6. The third kappa shape index (κ3) is 3.44. The van der Waals surface area contributed by atoms with E-state index in [2.05, 4.69) is 17.9 Å². The van der Waals surface area contributed by atoms with Crippen LogP contribution >= 0.6 is 12.6 Å². The first-order valence-electron chi connectivity index (χ1n) is 5.01. The Morgan fingerprint density at radius 3 is 2.29 bits per heavy atom. The third-order valence-corrected chi connectivity index (χ3v) is 2.67. The van der Waals surface area contributed by atoms with Crippen LogP contribution < -0.4 is 5.32 Å². The van der Waals surface area contributed by atoms with Crippen LogP contribution in [0.1, 0.15) is 10.4 Å². The standard InChI is InChI=1S/C11H15NO4S/c13-5-11(6-14,7-15)12-10(16)8-2-1-3-9(17)4-8/h1-4,13-15,17H,5-7H2,(H,12,16). The zero-order valence-electron chi connectivity index (χ0n) is 9.13. The summed E-state index contributed by atoms with van der Waals surface area (Å²) in [6, 6.07) is 6.51. The van der Waals surface area contributed by atoms with Crippen molar-refractivity contribution >= 4 is 18.5 Å². The second kappa shape index (κ2) is 6.02. The Balaban J connectivity index is 2.84. The van der Waals surface area contributed by atoms with E-state index in [1.807, 2.05) is 0 Å². The molecule has 1 aromatic carbocycles. The minimum atomic E-state index is -1.41. The molecule has 0 aliphatic rings. The molecule has 0 spiro atoms. The van der Waals surface area contributed by atoms with Crippen LogP contribution in [0.15, 0.2) is 29.2 Å². The molecule has 1 aromatic rings. The molecule has 0 unspecified atom stereocenters. The number of carbonyl (C=O) groups excluding carboxylic acids is 1. The van der Waals surface area contributed by atoms with Gasteiger partial charge in [-0.15, -0.1) is 12.6 Å². The summed E-state index contributed by atoms with van der Waals surface area (Å²) in [5.74, 6) is -0.488. The second-order valence-corrected chi connectivity index (χ2v) is 4.28. The highest BCUT2D eigenvalue weighted by Crippen LogP contribution is 2.10. The first kappa shape index (κ1) is 14.0. The summed E-state index contributed by atoms with van der Waals surface area (Å²) in [6.07, 6.45) is 0. The topological polar surface area (TPSA) is 89.8 Å². The van der Waals surface area contributed by atoms with Gasteiger partial charge in [0.2, 0.25) is 0 Å². The van der Waals surface area contributed by atoms with Crippen molar-refractivity contribution in [3.63, 3.8) is 0 Å². The molecule has 0 bridgehead atoms. The Kier molecular flexibility index (Phi) is 4.95. The summed E-state index contributed by atoms with van der Waals surface area (Å²) in [7, 11) is 0. The van der Waals surface area contributed by atoms with Crippen molar-refractivity contribution in [1.82, 2.24) is 5.32 Å². The maximum atomic E-state index is 11.8. The number of carbonyl (C=O) groups is 1. The van der Waals surface area contributed by atoms with E-state index in [4.69, 9.17) is 15.3 Å². The van der Waals surface area contributed by atoms with Crippen LogP contribution in [0.3, 0.4) is 0 Å². The number of thiol groups is 1. The predicted molar refractivity (Wildman–Crippen MR) is 65.1 cm³/mol. The minimum absolute atomic E-state index is 0.345. The quantitative estimate of drug-likeness (QED) is 0.457. The van der Waals surface area contributed by atoms with Crippen LogP contribution in [-0.2, 0) is 0 Å². The van der Waals surface area contributed by atoms with Crippen LogP contribution in [-0.4, -0.2) is 46.6 Å². The maximum absolute atomic E-state index is 11.8. The SMILES string of the molecule is O=C(NC(CO)(CO)CO)c1cccc(S)c1. The molecule has 0 fully saturated rings. The van der Waals surface area contributed by atoms with Crippen molar-refractivity contribution in [2.45, 2.75) is 10.4 Å². The van der Waals surface area contributed by atoms with Gasteiger partial charge in [0.05, 0.1) is 19.8 Å². The zero-order valence-corrected chi connectivity index (χ0v) is 10.0. The Morgan fingerprint density at radius 2 is 1.82 bits per heavy atom. The van der Waals surface area contributed by atoms with Gasteiger partial charge in [0.15, 0.2) is 0 Å². The van der Waals surface area contributed by atoms with E-state index in [-0.39, 0.29) is 0 Å². The fourth-order valence-electron chi connectivity index (χ4n) is 1.23. The summed E-state index contributed by atoms with van der Waals surface area (Å²) in [4.78, 5) is 12.4. The highest BCUT2D eigenvalue weighted by Gasteiger charge is 2.30. The van der Waals surface area contributed by atoms with Gasteiger partial charge in [0.25, 0.3) is 5.91 Å². The van der Waals surface area contributed by atoms with Crippen LogP contribution in [0.2, 0.25) is 0 Å². The largest absolute Gasteiger partial charge is 0.394 e. The summed E-state index contributed by atoms with van der Waals surface area (Å²) < 4.78 is 0. The van der Waals surface area contributed by atoms with E-state index in [0.717, 1.165) is 0 Å². The molecule has 6 heteroatoms. The molecule has 0 heterocycles. The number of nitrogens with one attached hydrogen (secondary N) is 1. The molecule has 0 saturated heterocycles. The molecule has 0 aliphatic heterocycles. The van der Waals surface area contributed by atoms with E-state index >= 15 is 0 Å². The summed E-state index contributed by atoms with van der Waals surface area (Å²) >= 11 is 4.10. The van der Waals surface area contributed by atoms with Crippen LogP contribution in [0.4, 0.5) is 0 Å². The first-order chi connectivity index (χ1) is 8.06. The number of benzene rings is 1. The first-order valence-corrected chi connectivity index (χ1v) is 5.46. The van der Waals surface area contributed by atoms with Crippen molar-refractivity contribution in [2.75, 3.05) is 19.8 Å². The van der Waals surface area contributed by atoms with Gasteiger partial charge in [-0.1, -0.05) is 6.07 Å². The van der Waals surface area contributed by atoms with E-state index in [9.17, 15) is 4.79 Å². The van der Waals surface area contributed by atoms with Crippen LogP contribution in [0.25, 0.3) is 0 Å². The normalized spacial score (nSPS) is 11.3. The van der Waals surface area contributed by atoms with Crippen molar-refractivity contribution in [2.24, 2.45) is 0 Å². The number of hydrogen-bond donors (Lipinski definition) is 5. The van der Waals surface area contributed by atoms with Gasteiger partial charge in [-0.3, -0.25) is 4.79 Å². The maximum Gasteiger partial charge on any atom is 0.251 e. The predicted octanol–water partition coefficient (Wildman–Crippen LogP) is -0.579. The van der Waals surface area contributed by atoms with Crippen molar-refractivity contribution in [3.8, 4) is 0 Å². The number of hydrogen-bond acceptors (Lipinski definition) is 5. The molecule has 1 amide bonds. The van der Waals surface area contributed by atoms with Gasteiger partial charge < -0.3 is 20.6 Å². The zero-order chi connectivity index (χ0) is 12.9. The number of aliphatic hydroxyl groups is 3. The molecule has 0 saturated carbocycles. The molecule has 0 aromatic heterocycles. The van der Waals surface area contributed by atoms with E-state index in [0.29, 0.717) is 10.5 Å². The van der Waals surface area contributed by atoms with Crippen molar-refractivity contribution in [3.05, 3.63) is 29.8 Å². The number of amides is 1. The van der Waals surface area contributed by atoms with Crippen molar-refractivity contribution in [1.29, 1.82) is 0 Å². The summed E-state index contributed by atoms with van der Waals surface area (Å²) in [5.41, 5.74) is -1.07. The number of aliphatic hydroxyl groups excluding tert-OH is 3. The monoisotopic (exact) mass is 257 g/mol. The number of rotatable bonds is 5. The molecule has 1 rings (SSSR count). The van der Waals surface area contributed by atoms with E-state index in [1.54, 1.807) is 24.3 Å². The lowest BCUT2D eigenvalue weighted by molar-refractivity contribution is 0.0375. The van der Waals surface area contributed by atoms with Gasteiger partial charge in [-0.05, 0) is 18.2 Å². The van der Waals surface area contributed by atoms with Gasteiger partial charge in [-0.25, -0.2) is 0 Å². The fourth-order valence-corrected chi connectivity index (χ4v) is 1.45. The average Bonchev–Trinajstić information content (AvgIpc) is 2.36. The van der Waals surface area contributed by atoms with Gasteiger partial charge in [0.1, 0.15) is 5.54 Å². The van der Waals surface area contributed by atoms with E-state index < -0.39 is 31.3 Å². The van der Waals surface area contributed by atoms with Crippen LogP contribution in [0, 0.1) is 0 Å². The molecular weight excluding hydrogens is 242 g/mol. The van der Waals surface area contributed by atoms with E-state index in [1.165, 1.54) is 0 Å². The lowest BCUT2D eigenvalue weighted by Crippen LogP contribution is -2.57. The molecule has 0 radical (unpaired) electrons. The molecule has 4 N–H and O–H groups in total. The third-order valence-electron chi connectivity index (χ3n) is 2.40. The van der Waals surface area contributed by atoms with Gasteiger partial charge in [0, 0.05) is 10.5 Å². The Hall–Kier alpha value is -1.08. The average molecular weight is 257 g/mol. The molecule has 94 valence electrons. The van der Waals surface area contributed by atoms with Gasteiger partial charge in [-0.2, -0.15) is 0 Å². The highest BCUT2D eigenvalue weighted by atomic mass is 32.1. The fraction of sp³-hybridized carbons (Fsp3) is 0.364. The Labute approximate surface area is 105 Å². The minimum Gasteiger partial charge on any atom is -0.394 e. The van der Waals surface area contributed by atoms with Crippen molar-refractivity contribution < 1.29 is 20.1 Å². The Bertz CT molecular complexity index is 385. The lowest BCUT2D eigenvalue weighted by atomic mass is 10.0. The molecule has 0 aliphatic carbocycles. The molecule has 5 nitrogen and oxygen atoms in total. The van der Waals surface area contributed by atoms with Gasteiger partial charge >= 0.3 is 0 Å². The Morgan fingerprint density at radius 1 is 1.24 bits per heavy atom. The lowest BCUT2D eigenvalue weighted by Gasteiger charge is -2.28. The molecule has 17 heavy (non-hydrogen) atoms. The highest BCUT2D eigenvalue weighted by molar-refractivity contribution is 7.80. The summed E-state index contributed by atoms with van der Waals surface area (Å²) in [6.45, 7) is -1.65. The molecular formula is C11H15NO4S. The van der Waals surface area contributed by atoms with Crippen LogP contribution in [0.5, 0.6) is 0 Å². The second-order valence-electron chi connectivity index (χ2n) is 3.76. The smallest absolute Gasteiger partial charge is 0.251 e. The molecule has 0 atom stereocenters.